The summed E-state index contributed by atoms with van der Waals surface area (Å²) in [5.41, 5.74) is 1.07. The van der Waals surface area contributed by atoms with Gasteiger partial charge in [-0.1, -0.05) is 23.8 Å². The van der Waals surface area contributed by atoms with E-state index in [1.165, 1.54) is 0 Å². The van der Waals surface area contributed by atoms with Crippen LogP contribution in [0.5, 0.6) is 0 Å². The van der Waals surface area contributed by atoms with Crippen LogP contribution in [0.1, 0.15) is 5.56 Å². The van der Waals surface area contributed by atoms with Crippen LogP contribution in [0, 0.1) is 6.92 Å². The van der Waals surface area contributed by atoms with Gasteiger partial charge in [-0.05, 0) is 30.5 Å². The molecule has 96 valence electrons. The third-order valence-corrected chi connectivity index (χ3v) is 6.59. The molecule has 0 fully saturated rings. The topological polar surface area (TPSA) is 34.1 Å². The first-order chi connectivity index (χ1) is 8.58. The van der Waals surface area contributed by atoms with Gasteiger partial charge >= 0.3 is 0 Å². The predicted molar refractivity (Wildman–Crippen MR) is 78.3 cm³/mol. The third-order valence-electron chi connectivity index (χ3n) is 2.47. The highest BCUT2D eigenvalue weighted by Crippen LogP contribution is 2.24. The van der Waals surface area contributed by atoms with E-state index in [2.05, 4.69) is 0 Å². The van der Waals surface area contributed by atoms with Crippen molar-refractivity contribution < 1.29 is 8.42 Å². The summed E-state index contributed by atoms with van der Waals surface area (Å²) in [5.74, 6) is 0.773. The Bertz CT molecular complexity index is 584. The van der Waals surface area contributed by atoms with E-state index in [1.807, 2.05) is 36.6 Å². The first-order valence-corrected chi connectivity index (χ1v) is 9.05. The summed E-state index contributed by atoms with van der Waals surface area (Å²) < 4.78 is 25.3. The van der Waals surface area contributed by atoms with Gasteiger partial charge in [0.25, 0.3) is 0 Å². The molecular weight excluding hydrogens is 284 g/mol. The number of benzene rings is 1. The average molecular weight is 298 g/mol. The summed E-state index contributed by atoms with van der Waals surface area (Å²) in [6, 6.07) is 11.0. The number of thioether (sulfide) groups is 1. The number of rotatable bonds is 5. The Kier molecular flexibility index (Phi) is 4.48. The van der Waals surface area contributed by atoms with Gasteiger partial charge < -0.3 is 0 Å². The molecule has 0 N–H and O–H groups in total. The second-order valence-corrected chi connectivity index (χ2v) is 8.36. The fourth-order valence-electron chi connectivity index (χ4n) is 1.46. The zero-order valence-electron chi connectivity index (χ0n) is 10.00. The van der Waals surface area contributed by atoms with Crippen molar-refractivity contribution in [2.24, 2.45) is 0 Å². The molecule has 0 saturated carbocycles. The lowest BCUT2D eigenvalue weighted by atomic mass is 10.2. The van der Waals surface area contributed by atoms with Gasteiger partial charge in [-0.15, -0.1) is 23.1 Å². The Morgan fingerprint density at radius 3 is 2.50 bits per heavy atom. The fourth-order valence-corrected chi connectivity index (χ4v) is 4.97. The van der Waals surface area contributed by atoms with Gasteiger partial charge in [0.1, 0.15) is 0 Å². The summed E-state index contributed by atoms with van der Waals surface area (Å²) in [6.07, 6.45) is 0. The standard InChI is InChI=1S/C13H14O2S3/c1-11-4-6-12(7-5-11)18(14,15)10-9-17-13-3-2-8-16-13/h2-8H,9-10H2,1H3. The van der Waals surface area contributed by atoms with Crippen LogP contribution in [0.2, 0.25) is 0 Å². The fraction of sp³-hybridized carbons (Fsp3) is 0.231. The van der Waals surface area contributed by atoms with Crippen molar-refractivity contribution in [3.63, 3.8) is 0 Å². The Morgan fingerprint density at radius 1 is 1.17 bits per heavy atom. The molecular formula is C13H14O2S3. The van der Waals surface area contributed by atoms with Crippen LogP contribution in [0.3, 0.4) is 0 Å². The molecule has 0 aliphatic rings. The largest absolute Gasteiger partial charge is 0.224 e. The van der Waals surface area contributed by atoms with Crippen molar-refractivity contribution in [2.75, 3.05) is 11.5 Å². The Hall–Kier alpha value is -0.780. The number of thiophene rings is 1. The highest BCUT2D eigenvalue weighted by Gasteiger charge is 2.13. The molecule has 0 aliphatic heterocycles. The molecule has 1 heterocycles. The normalized spacial score (nSPS) is 11.6. The molecule has 2 aromatic rings. The minimum absolute atomic E-state index is 0.179. The first-order valence-electron chi connectivity index (χ1n) is 5.54. The zero-order chi connectivity index (χ0) is 13.0. The molecule has 2 rings (SSSR count). The number of aryl methyl sites for hydroxylation is 1. The second-order valence-electron chi connectivity index (χ2n) is 3.91. The van der Waals surface area contributed by atoms with E-state index in [0.29, 0.717) is 10.6 Å². The quantitative estimate of drug-likeness (QED) is 0.791. The Labute approximate surface area is 116 Å². The molecule has 0 radical (unpaired) electrons. The van der Waals surface area contributed by atoms with Gasteiger partial charge in [0, 0.05) is 5.75 Å². The van der Waals surface area contributed by atoms with Crippen molar-refractivity contribution >= 4 is 32.9 Å². The van der Waals surface area contributed by atoms with Gasteiger partial charge in [-0.25, -0.2) is 8.42 Å². The van der Waals surface area contributed by atoms with Crippen molar-refractivity contribution in [1.29, 1.82) is 0 Å². The molecule has 18 heavy (non-hydrogen) atoms. The van der Waals surface area contributed by atoms with Crippen LogP contribution in [0.25, 0.3) is 0 Å². The molecule has 2 nitrogen and oxygen atoms in total. The molecule has 0 aliphatic carbocycles. The van der Waals surface area contributed by atoms with E-state index in [1.54, 1.807) is 35.2 Å². The SMILES string of the molecule is Cc1ccc(S(=O)(=O)CCSc2cccs2)cc1. The predicted octanol–water partition coefficient (Wildman–Crippen LogP) is 3.62. The molecule has 0 amide bonds. The van der Waals surface area contributed by atoms with Crippen LogP contribution in [0.15, 0.2) is 50.9 Å². The van der Waals surface area contributed by atoms with Gasteiger partial charge in [-0.3, -0.25) is 0 Å². The second kappa shape index (κ2) is 5.91. The van der Waals surface area contributed by atoms with Crippen LogP contribution in [-0.4, -0.2) is 19.9 Å². The van der Waals surface area contributed by atoms with Gasteiger partial charge in [-0.2, -0.15) is 0 Å². The van der Waals surface area contributed by atoms with Gasteiger partial charge in [0.15, 0.2) is 9.84 Å². The van der Waals surface area contributed by atoms with E-state index in [4.69, 9.17) is 0 Å². The summed E-state index contributed by atoms with van der Waals surface area (Å²) in [4.78, 5) is 0.417. The maximum atomic E-state index is 12.1. The molecule has 0 bridgehead atoms. The maximum absolute atomic E-state index is 12.1. The molecule has 5 heteroatoms. The Morgan fingerprint density at radius 2 is 1.89 bits per heavy atom. The van der Waals surface area contributed by atoms with Crippen molar-refractivity contribution in [2.45, 2.75) is 16.0 Å². The average Bonchev–Trinajstić information content (AvgIpc) is 2.82. The molecule has 1 aromatic carbocycles. The van der Waals surface area contributed by atoms with E-state index in [-0.39, 0.29) is 5.75 Å². The molecule has 0 saturated heterocycles. The van der Waals surface area contributed by atoms with Crippen molar-refractivity contribution in [3.05, 3.63) is 47.3 Å². The van der Waals surface area contributed by atoms with Gasteiger partial charge in [0.2, 0.25) is 0 Å². The van der Waals surface area contributed by atoms with Crippen LogP contribution in [0.4, 0.5) is 0 Å². The zero-order valence-corrected chi connectivity index (χ0v) is 12.4. The molecule has 0 atom stereocenters. The van der Waals surface area contributed by atoms with E-state index < -0.39 is 9.84 Å². The smallest absolute Gasteiger partial charge is 0.179 e. The lowest BCUT2D eigenvalue weighted by molar-refractivity contribution is 0.597. The lowest BCUT2D eigenvalue weighted by Crippen LogP contribution is -2.08. The van der Waals surface area contributed by atoms with E-state index in [0.717, 1.165) is 9.77 Å². The summed E-state index contributed by atoms with van der Waals surface area (Å²) in [5, 5.41) is 2.00. The number of sulfone groups is 1. The first kappa shape index (κ1) is 13.6. The van der Waals surface area contributed by atoms with Crippen LogP contribution >= 0.6 is 23.1 Å². The summed E-state index contributed by atoms with van der Waals surface area (Å²) >= 11 is 3.23. The van der Waals surface area contributed by atoms with Crippen LogP contribution in [-0.2, 0) is 9.84 Å². The highest BCUT2D eigenvalue weighted by atomic mass is 32.2. The molecule has 0 spiro atoms. The summed E-state index contributed by atoms with van der Waals surface area (Å²) in [7, 11) is -3.15. The van der Waals surface area contributed by atoms with Crippen molar-refractivity contribution in [1.82, 2.24) is 0 Å². The maximum Gasteiger partial charge on any atom is 0.179 e. The van der Waals surface area contributed by atoms with E-state index in [9.17, 15) is 8.42 Å². The minimum atomic E-state index is -3.15. The van der Waals surface area contributed by atoms with Gasteiger partial charge in [0.05, 0.1) is 14.9 Å². The minimum Gasteiger partial charge on any atom is -0.224 e. The monoisotopic (exact) mass is 298 g/mol. The molecule has 1 aromatic heterocycles. The van der Waals surface area contributed by atoms with Crippen molar-refractivity contribution in [3.8, 4) is 0 Å². The number of hydrogen-bond acceptors (Lipinski definition) is 4. The third kappa shape index (κ3) is 3.60. The highest BCUT2D eigenvalue weighted by molar-refractivity contribution is 8.02. The molecule has 0 unspecified atom stereocenters. The van der Waals surface area contributed by atoms with E-state index >= 15 is 0 Å². The summed E-state index contributed by atoms with van der Waals surface area (Å²) in [6.45, 7) is 1.95. The Balaban J connectivity index is 1.97. The van der Waals surface area contributed by atoms with Crippen LogP contribution < -0.4 is 0 Å². The number of hydrogen-bond donors (Lipinski definition) is 0. The lowest BCUT2D eigenvalue weighted by Gasteiger charge is -2.04.